The quantitative estimate of drug-likeness (QED) is 0.779. The summed E-state index contributed by atoms with van der Waals surface area (Å²) in [7, 11) is 0. The summed E-state index contributed by atoms with van der Waals surface area (Å²) in [5, 5.41) is 3.09. The summed E-state index contributed by atoms with van der Waals surface area (Å²) in [5.41, 5.74) is 6.03. The van der Waals surface area contributed by atoms with Crippen molar-refractivity contribution in [2.75, 3.05) is 44.2 Å². The Hall–Kier alpha value is -0.260. The van der Waals surface area contributed by atoms with Gasteiger partial charge in [0.2, 0.25) is 5.91 Å². The van der Waals surface area contributed by atoms with E-state index in [1.54, 1.807) is 0 Å². The molecule has 0 aromatic rings. The molecule has 1 aliphatic carbocycles. The first-order valence-corrected chi connectivity index (χ1v) is 9.16. The van der Waals surface area contributed by atoms with Crippen molar-refractivity contribution in [2.45, 2.75) is 38.5 Å². The van der Waals surface area contributed by atoms with Gasteiger partial charge in [0.25, 0.3) is 0 Å². The number of nitrogens with two attached hydrogens (primary N) is 1. The van der Waals surface area contributed by atoms with Crippen LogP contribution in [0.5, 0.6) is 0 Å². The number of carbonyl (C=O) groups excluding carboxylic acids is 1. The first kappa shape index (κ1) is 16.1. The maximum atomic E-state index is 12.1. The van der Waals surface area contributed by atoms with Gasteiger partial charge in [-0.3, -0.25) is 9.69 Å². The lowest BCUT2D eigenvalue weighted by molar-refractivity contribution is -0.123. The number of nitrogens with one attached hydrogen (secondary N) is 1. The van der Waals surface area contributed by atoms with E-state index in [2.05, 4.69) is 10.2 Å². The lowest BCUT2D eigenvalue weighted by atomic mass is 9.71. The van der Waals surface area contributed by atoms with Crippen molar-refractivity contribution >= 4 is 17.7 Å². The molecule has 0 unspecified atom stereocenters. The molecule has 0 bridgehead atoms. The molecule has 0 spiro atoms. The van der Waals surface area contributed by atoms with E-state index in [-0.39, 0.29) is 11.3 Å². The molecule has 0 radical (unpaired) electrons. The van der Waals surface area contributed by atoms with Crippen molar-refractivity contribution in [1.82, 2.24) is 10.2 Å². The molecule has 4 nitrogen and oxygen atoms in total. The average Bonchev–Trinajstić information content (AvgIpc) is 2.49. The summed E-state index contributed by atoms with van der Waals surface area (Å²) >= 11 is 2.02. The summed E-state index contributed by atoms with van der Waals surface area (Å²) in [6.07, 6.45) is 6.64. The number of hydrogen-bond donors (Lipinski definition) is 2. The van der Waals surface area contributed by atoms with Gasteiger partial charge in [-0.1, -0.05) is 19.3 Å². The smallest absolute Gasteiger partial charge is 0.220 e. The number of carbonyl (C=O) groups is 1. The van der Waals surface area contributed by atoms with Gasteiger partial charge in [-0.2, -0.15) is 11.8 Å². The van der Waals surface area contributed by atoms with Gasteiger partial charge in [0, 0.05) is 44.1 Å². The third-order valence-corrected chi connectivity index (χ3v) is 5.68. The fraction of sp³-hybridized carbons (Fsp3) is 0.933. The lowest BCUT2D eigenvalue weighted by Gasteiger charge is -2.35. The summed E-state index contributed by atoms with van der Waals surface area (Å²) in [6.45, 7) is 4.75. The van der Waals surface area contributed by atoms with Crippen LogP contribution in [0.3, 0.4) is 0 Å². The monoisotopic (exact) mass is 299 g/mol. The first-order chi connectivity index (χ1) is 9.74. The standard InChI is InChI=1S/C15H29N3OS/c16-13-15(4-2-1-3-5-15)12-14(19)17-6-7-18-8-10-20-11-9-18/h1-13,16H2,(H,17,19). The van der Waals surface area contributed by atoms with E-state index in [4.69, 9.17) is 5.73 Å². The van der Waals surface area contributed by atoms with Gasteiger partial charge in [-0.15, -0.1) is 0 Å². The highest BCUT2D eigenvalue weighted by molar-refractivity contribution is 7.99. The van der Waals surface area contributed by atoms with E-state index in [1.807, 2.05) is 11.8 Å². The van der Waals surface area contributed by atoms with Gasteiger partial charge in [-0.25, -0.2) is 0 Å². The third kappa shape index (κ3) is 4.93. The van der Waals surface area contributed by atoms with Crippen molar-refractivity contribution < 1.29 is 4.79 Å². The second-order valence-corrected chi connectivity index (χ2v) is 7.47. The molecule has 20 heavy (non-hydrogen) atoms. The van der Waals surface area contributed by atoms with Crippen molar-refractivity contribution in [3.8, 4) is 0 Å². The Morgan fingerprint density at radius 2 is 1.90 bits per heavy atom. The van der Waals surface area contributed by atoms with Crippen LogP contribution in [0.15, 0.2) is 0 Å². The molecule has 1 aliphatic heterocycles. The van der Waals surface area contributed by atoms with E-state index >= 15 is 0 Å². The summed E-state index contributed by atoms with van der Waals surface area (Å²) in [6, 6.07) is 0. The Bertz CT molecular complexity index is 299. The molecule has 116 valence electrons. The van der Waals surface area contributed by atoms with Crippen LogP contribution < -0.4 is 11.1 Å². The zero-order chi connectivity index (χ0) is 14.3. The van der Waals surface area contributed by atoms with E-state index in [0.717, 1.165) is 39.0 Å². The Balaban J connectivity index is 1.66. The van der Waals surface area contributed by atoms with Crippen LogP contribution in [0.2, 0.25) is 0 Å². The third-order valence-electron chi connectivity index (χ3n) is 4.74. The number of hydrogen-bond acceptors (Lipinski definition) is 4. The normalized spacial score (nSPS) is 23.4. The van der Waals surface area contributed by atoms with Gasteiger partial charge < -0.3 is 11.1 Å². The minimum atomic E-state index is 0.0874. The molecule has 1 amide bonds. The topological polar surface area (TPSA) is 58.4 Å². The minimum absolute atomic E-state index is 0.0874. The van der Waals surface area contributed by atoms with E-state index in [1.165, 1.54) is 30.8 Å². The van der Waals surface area contributed by atoms with Crippen molar-refractivity contribution in [3.05, 3.63) is 0 Å². The molecule has 1 saturated carbocycles. The Labute approximate surface area is 127 Å². The molecule has 1 heterocycles. The molecule has 5 heteroatoms. The van der Waals surface area contributed by atoms with Gasteiger partial charge >= 0.3 is 0 Å². The van der Waals surface area contributed by atoms with Gasteiger partial charge in [0.05, 0.1) is 0 Å². The Morgan fingerprint density at radius 1 is 1.20 bits per heavy atom. The van der Waals surface area contributed by atoms with E-state index in [9.17, 15) is 4.79 Å². The van der Waals surface area contributed by atoms with Crippen LogP contribution in [0.4, 0.5) is 0 Å². The second-order valence-electron chi connectivity index (χ2n) is 6.25. The lowest BCUT2D eigenvalue weighted by Crippen LogP contribution is -2.42. The summed E-state index contributed by atoms with van der Waals surface area (Å²) in [4.78, 5) is 14.6. The average molecular weight is 299 g/mol. The number of rotatable bonds is 6. The number of thioether (sulfide) groups is 1. The fourth-order valence-corrected chi connectivity index (χ4v) is 4.31. The van der Waals surface area contributed by atoms with Crippen LogP contribution in [0.25, 0.3) is 0 Å². The molecule has 2 fully saturated rings. The highest BCUT2D eigenvalue weighted by Crippen LogP contribution is 2.38. The molecular formula is C15H29N3OS. The van der Waals surface area contributed by atoms with Gasteiger partial charge in [-0.05, 0) is 24.8 Å². The SMILES string of the molecule is NCC1(CC(=O)NCCN2CCSCC2)CCCCC1. The molecule has 0 aromatic heterocycles. The highest BCUT2D eigenvalue weighted by Gasteiger charge is 2.32. The first-order valence-electron chi connectivity index (χ1n) is 8.01. The zero-order valence-electron chi connectivity index (χ0n) is 12.5. The predicted octanol–water partition coefficient (Wildman–Crippen LogP) is 1.45. The molecule has 1 saturated heterocycles. The van der Waals surface area contributed by atoms with Gasteiger partial charge in [0.1, 0.15) is 0 Å². The van der Waals surface area contributed by atoms with Crippen LogP contribution in [-0.4, -0.2) is 55.0 Å². The largest absolute Gasteiger partial charge is 0.355 e. The van der Waals surface area contributed by atoms with Crippen LogP contribution >= 0.6 is 11.8 Å². The van der Waals surface area contributed by atoms with Crippen molar-refractivity contribution in [1.29, 1.82) is 0 Å². The number of nitrogens with zero attached hydrogens (tertiary/aromatic N) is 1. The van der Waals surface area contributed by atoms with Crippen molar-refractivity contribution in [3.63, 3.8) is 0 Å². The molecule has 3 N–H and O–H groups in total. The molecule has 2 aliphatic rings. The zero-order valence-corrected chi connectivity index (χ0v) is 13.3. The van der Waals surface area contributed by atoms with Crippen LogP contribution in [-0.2, 0) is 4.79 Å². The molecule has 0 atom stereocenters. The van der Waals surface area contributed by atoms with E-state index < -0.39 is 0 Å². The maximum absolute atomic E-state index is 12.1. The predicted molar refractivity (Wildman–Crippen MR) is 86.0 cm³/mol. The highest BCUT2D eigenvalue weighted by atomic mass is 32.2. The summed E-state index contributed by atoms with van der Waals surface area (Å²) in [5.74, 6) is 2.65. The Kier molecular flexibility index (Phi) is 6.65. The Morgan fingerprint density at radius 3 is 2.55 bits per heavy atom. The molecule has 2 rings (SSSR count). The second kappa shape index (κ2) is 8.25. The van der Waals surface area contributed by atoms with E-state index in [0.29, 0.717) is 13.0 Å². The fourth-order valence-electron chi connectivity index (χ4n) is 3.34. The van der Waals surface area contributed by atoms with Crippen molar-refractivity contribution in [2.24, 2.45) is 11.1 Å². The number of amides is 1. The van der Waals surface area contributed by atoms with Crippen LogP contribution in [0.1, 0.15) is 38.5 Å². The van der Waals surface area contributed by atoms with Crippen LogP contribution in [0, 0.1) is 5.41 Å². The molecular weight excluding hydrogens is 270 g/mol. The summed E-state index contributed by atoms with van der Waals surface area (Å²) < 4.78 is 0. The molecule has 0 aromatic carbocycles. The maximum Gasteiger partial charge on any atom is 0.220 e. The minimum Gasteiger partial charge on any atom is -0.355 e. The van der Waals surface area contributed by atoms with Gasteiger partial charge in [0.15, 0.2) is 0 Å².